The summed E-state index contributed by atoms with van der Waals surface area (Å²) >= 11 is 0. The lowest BCUT2D eigenvalue weighted by molar-refractivity contribution is -0.124. The Balaban J connectivity index is 1.64. The minimum absolute atomic E-state index is 0.311. The number of fused-ring (bicyclic) bond motifs is 1. The first-order chi connectivity index (χ1) is 8.33. The molecule has 0 heterocycles. The summed E-state index contributed by atoms with van der Waals surface area (Å²) in [6, 6.07) is 8.60. The van der Waals surface area contributed by atoms with E-state index in [9.17, 15) is 4.79 Å². The van der Waals surface area contributed by atoms with Crippen LogP contribution < -0.4 is 0 Å². The summed E-state index contributed by atoms with van der Waals surface area (Å²) in [6.07, 6.45) is 7.92. The molecule has 0 bridgehead atoms. The van der Waals surface area contributed by atoms with Gasteiger partial charge in [0.2, 0.25) is 0 Å². The molecule has 0 spiro atoms. The number of aryl methyl sites for hydroxylation is 1. The van der Waals surface area contributed by atoms with E-state index in [1.54, 1.807) is 0 Å². The molecule has 3 rings (SSSR count). The van der Waals surface area contributed by atoms with Crippen LogP contribution in [0.1, 0.15) is 43.2 Å². The van der Waals surface area contributed by atoms with E-state index in [0.717, 1.165) is 31.6 Å². The minimum atomic E-state index is 0.311. The van der Waals surface area contributed by atoms with Gasteiger partial charge in [-0.3, -0.25) is 4.79 Å². The highest BCUT2D eigenvalue weighted by atomic mass is 16.1. The van der Waals surface area contributed by atoms with Gasteiger partial charge < -0.3 is 0 Å². The third-order valence-electron chi connectivity index (χ3n) is 4.52. The van der Waals surface area contributed by atoms with Crippen molar-refractivity contribution in [3.05, 3.63) is 35.4 Å². The molecule has 1 atom stereocenters. The van der Waals surface area contributed by atoms with Crippen molar-refractivity contribution < 1.29 is 4.79 Å². The highest BCUT2D eigenvalue weighted by Crippen LogP contribution is 2.33. The number of rotatable bonds is 3. The van der Waals surface area contributed by atoms with Crippen molar-refractivity contribution in [2.75, 3.05) is 0 Å². The van der Waals surface area contributed by atoms with E-state index in [1.165, 1.54) is 30.4 Å². The van der Waals surface area contributed by atoms with Crippen molar-refractivity contribution in [1.82, 2.24) is 0 Å². The van der Waals surface area contributed by atoms with Gasteiger partial charge in [0.25, 0.3) is 0 Å². The fraction of sp³-hybridized carbons (Fsp3) is 0.562. The summed E-state index contributed by atoms with van der Waals surface area (Å²) in [7, 11) is 0. The van der Waals surface area contributed by atoms with Crippen LogP contribution in [0.2, 0.25) is 0 Å². The number of carbonyl (C=O) groups excluding carboxylic acids is 1. The van der Waals surface area contributed by atoms with E-state index < -0.39 is 0 Å². The molecule has 1 heteroatoms. The fourth-order valence-electron chi connectivity index (χ4n) is 3.12. The molecule has 1 aromatic rings. The van der Waals surface area contributed by atoms with Crippen LogP contribution in [0.5, 0.6) is 0 Å². The number of hydrogen-bond acceptors (Lipinski definition) is 1. The first-order valence-corrected chi connectivity index (χ1v) is 6.92. The van der Waals surface area contributed by atoms with E-state index in [-0.39, 0.29) is 0 Å². The average molecular weight is 228 g/mol. The van der Waals surface area contributed by atoms with E-state index in [4.69, 9.17) is 0 Å². The largest absolute Gasteiger partial charge is 0.299 e. The van der Waals surface area contributed by atoms with E-state index in [1.807, 2.05) is 0 Å². The molecule has 0 aliphatic heterocycles. The monoisotopic (exact) mass is 228 g/mol. The van der Waals surface area contributed by atoms with E-state index >= 15 is 0 Å². The molecule has 1 saturated carbocycles. The average Bonchev–Trinajstić information content (AvgIpc) is 2.33. The van der Waals surface area contributed by atoms with Crippen LogP contribution in [0.15, 0.2) is 24.3 Å². The van der Waals surface area contributed by atoms with Crippen LogP contribution in [0.3, 0.4) is 0 Å². The Bertz CT molecular complexity index is 417. The van der Waals surface area contributed by atoms with Gasteiger partial charge in [0.05, 0.1) is 0 Å². The first kappa shape index (κ1) is 11.0. The Morgan fingerprint density at radius 3 is 2.59 bits per heavy atom. The highest BCUT2D eigenvalue weighted by molar-refractivity contribution is 5.82. The predicted molar refractivity (Wildman–Crippen MR) is 68.9 cm³/mol. The zero-order valence-corrected chi connectivity index (χ0v) is 10.3. The molecule has 0 aromatic heterocycles. The zero-order valence-electron chi connectivity index (χ0n) is 10.3. The molecule has 2 aliphatic carbocycles. The molecule has 90 valence electrons. The van der Waals surface area contributed by atoms with Crippen molar-refractivity contribution in [3.8, 4) is 0 Å². The third kappa shape index (κ3) is 2.29. The van der Waals surface area contributed by atoms with Gasteiger partial charge in [0.1, 0.15) is 5.78 Å². The lowest BCUT2D eigenvalue weighted by Gasteiger charge is -2.28. The molecule has 1 unspecified atom stereocenters. The molecule has 1 nitrogen and oxygen atoms in total. The molecule has 2 aliphatic rings. The standard InChI is InChI=1S/C16H20O/c17-16(10-12-4-3-5-12)15-9-8-13-6-1-2-7-14(13)11-15/h1-2,6-7,12,15H,3-5,8-11H2. The quantitative estimate of drug-likeness (QED) is 0.773. The lowest BCUT2D eigenvalue weighted by atomic mass is 9.76. The maximum atomic E-state index is 12.2. The van der Waals surface area contributed by atoms with Crippen LogP contribution in [-0.4, -0.2) is 5.78 Å². The van der Waals surface area contributed by atoms with Crippen LogP contribution in [0.25, 0.3) is 0 Å². The van der Waals surface area contributed by atoms with Crippen LogP contribution in [0, 0.1) is 11.8 Å². The Morgan fingerprint density at radius 2 is 1.88 bits per heavy atom. The van der Waals surface area contributed by atoms with Gasteiger partial charge in [0, 0.05) is 12.3 Å². The summed E-state index contributed by atoms with van der Waals surface area (Å²) in [5.41, 5.74) is 2.87. The van der Waals surface area contributed by atoms with Crippen molar-refractivity contribution in [2.24, 2.45) is 11.8 Å². The molecule has 1 aromatic carbocycles. The Morgan fingerprint density at radius 1 is 1.12 bits per heavy atom. The number of hydrogen-bond donors (Lipinski definition) is 0. The van der Waals surface area contributed by atoms with E-state index in [0.29, 0.717) is 11.7 Å². The van der Waals surface area contributed by atoms with Gasteiger partial charge >= 0.3 is 0 Å². The number of carbonyl (C=O) groups is 1. The fourth-order valence-corrected chi connectivity index (χ4v) is 3.12. The minimum Gasteiger partial charge on any atom is -0.299 e. The maximum absolute atomic E-state index is 12.2. The molecule has 0 amide bonds. The SMILES string of the molecule is O=C(CC1CCC1)C1CCc2ccccc2C1. The zero-order chi connectivity index (χ0) is 11.7. The van der Waals surface area contributed by atoms with Gasteiger partial charge in [-0.2, -0.15) is 0 Å². The summed E-state index contributed by atoms with van der Waals surface area (Å²) in [6.45, 7) is 0. The summed E-state index contributed by atoms with van der Waals surface area (Å²) in [4.78, 5) is 12.2. The van der Waals surface area contributed by atoms with Gasteiger partial charge in [0.15, 0.2) is 0 Å². The molecular formula is C16H20O. The number of ketones is 1. The van der Waals surface area contributed by atoms with Crippen LogP contribution >= 0.6 is 0 Å². The number of benzene rings is 1. The molecule has 17 heavy (non-hydrogen) atoms. The topological polar surface area (TPSA) is 17.1 Å². The summed E-state index contributed by atoms with van der Waals surface area (Å²) in [5.74, 6) is 1.56. The second-order valence-electron chi connectivity index (χ2n) is 5.68. The van der Waals surface area contributed by atoms with E-state index in [2.05, 4.69) is 24.3 Å². The number of Topliss-reactive ketones (excluding diaryl/α,β-unsaturated/α-hetero) is 1. The van der Waals surface area contributed by atoms with Gasteiger partial charge in [-0.1, -0.05) is 43.5 Å². The van der Waals surface area contributed by atoms with Crippen molar-refractivity contribution in [1.29, 1.82) is 0 Å². The summed E-state index contributed by atoms with van der Waals surface area (Å²) in [5, 5.41) is 0. The van der Waals surface area contributed by atoms with Gasteiger partial charge in [-0.25, -0.2) is 0 Å². The van der Waals surface area contributed by atoms with Gasteiger partial charge in [-0.05, 0) is 36.3 Å². The molecule has 0 N–H and O–H groups in total. The van der Waals surface area contributed by atoms with Crippen molar-refractivity contribution in [2.45, 2.75) is 44.9 Å². The predicted octanol–water partition coefficient (Wildman–Crippen LogP) is 3.55. The molecule has 1 fully saturated rings. The van der Waals surface area contributed by atoms with Crippen molar-refractivity contribution in [3.63, 3.8) is 0 Å². The van der Waals surface area contributed by atoms with Crippen molar-refractivity contribution >= 4 is 5.78 Å². The van der Waals surface area contributed by atoms with Crippen LogP contribution in [0.4, 0.5) is 0 Å². The Kier molecular flexibility index (Phi) is 3.00. The second-order valence-corrected chi connectivity index (χ2v) is 5.68. The Hall–Kier alpha value is -1.11. The molecule has 0 radical (unpaired) electrons. The smallest absolute Gasteiger partial charge is 0.136 e. The first-order valence-electron chi connectivity index (χ1n) is 6.92. The summed E-state index contributed by atoms with van der Waals surface area (Å²) < 4.78 is 0. The molecular weight excluding hydrogens is 208 g/mol. The maximum Gasteiger partial charge on any atom is 0.136 e. The normalized spacial score (nSPS) is 23.9. The van der Waals surface area contributed by atoms with Crippen LogP contribution in [-0.2, 0) is 17.6 Å². The molecule has 0 saturated heterocycles. The third-order valence-corrected chi connectivity index (χ3v) is 4.52. The highest BCUT2D eigenvalue weighted by Gasteiger charge is 2.28. The second kappa shape index (κ2) is 4.64. The lowest BCUT2D eigenvalue weighted by Crippen LogP contribution is -2.26. The Labute approximate surface area is 103 Å². The van der Waals surface area contributed by atoms with Gasteiger partial charge in [-0.15, -0.1) is 0 Å².